The molecule has 92 valence electrons. The van der Waals surface area contributed by atoms with E-state index in [0.717, 1.165) is 4.90 Å². The maximum atomic E-state index is 10.4. The topological polar surface area (TPSA) is 64.4 Å². The van der Waals surface area contributed by atoms with E-state index in [1.165, 1.54) is 24.1 Å². The van der Waals surface area contributed by atoms with Gasteiger partial charge in [0.05, 0.1) is 18.1 Å². The van der Waals surface area contributed by atoms with Crippen molar-refractivity contribution in [3.8, 4) is 0 Å². The van der Waals surface area contributed by atoms with E-state index < -0.39 is 4.92 Å². The average molecular weight is 254 g/mol. The number of hydrogen-bond acceptors (Lipinski definition) is 5. The van der Waals surface area contributed by atoms with Gasteiger partial charge in [0.25, 0.3) is 5.69 Å². The molecule has 0 aliphatic rings. The molecule has 17 heavy (non-hydrogen) atoms. The maximum absolute atomic E-state index is 10.4. The lowest BCUT2D eigenvalue weighted by atomic mass is 10.3. The van der Waals surface area contributed by atoms with Crippen molar-refractivity contribution in [3.05, 3.63) is 47.0 Å². The van der Waals surface area contributed by atoms with E-state index in [9.17, 15) is 10.1 Å². The molecule has 0 atom stereocenters. The van der Waals surface area contributed by atoms with Crippen LogP contribution in [0.15, 0.2) is 41.8 Å². The number of ether oxygens (including phenoxy) is 1. The van der Waals surface area contributed by atoms with Crippen LogP contribution in [-0.4, -0.2) is 24.7 Å². The zero-order chi connectivity index (χ0) is 12.5. The second kappa shape index (κ2) is 7.83. The van der Waals surface area contributed by atoms with Gasteiger partial charge in [-0.15, -0.1) is 6.58 Å². The molecule has 0 saturated heterocycles. The number of rotatable bonds is 8. The number of nitro groups is 1. The first-order valence-corrected chi connectivity index (χ1v) is 5.88. The van der Waals surface area contributed by atoms with Crippen LogP contribution in [0.1, 0.15) is 0 Å². The lowest BCUT2D eigenvalue weighted by Gasteiger charge is -2.03. The van der Waals surface area contributed by atoms with Crippen LogP contribution in [0.2, 0.25) is 0 Å². The summed E-state index contributed by atoms with van der Waals surface area (Å²) in [5.74, 6) is 0. The van der Waals surface area contributed by atoms with Gasteiger partial charge >= 0.3 is 0 Å². The Morgan fingerprint density at radius 2 is 2.18 bits per heavy atom. The van der Waals surface area contributed by atoms with Crippen molar-refractivity contribution >= 4 is 17.6 Å². The van der Waals surface area contributed by atoms with E-state index in [2.05, 4.69) is 11.3 Å². The molecule has 0 heterocycles. The van der Waals surface area contributed by atoms with Gasteiger partial charge < -0.3 is 4.74 Å². The molecule has 1 aromatic rings. The highest BCUT2D eigenvalue weighted by molar-refractivity contribution is 7.97. The third-order valence-corrected chi connectivity index (χ3v) is 2.68. The van der Waals surface area contributed by atoms with Crippen molar-refractivity contribution in [3.63, 3.8) is 0 Å². The van der Waals surface area contributed by atoms with Gasteiger partial charge in [-0.1, -0.05) is 6.08 Å². The number of hydrogen-bond donors (Lipinski definition) is 1. The molecule has 1 rings (SSSR count). The Bertz CT molecular complexity index is 367. The van der Waals surface area contributed by atoms with E-state index >= 15 is 0 Å². The van der Waals surface area contributed by atoms with Crippen molar-refractivity contribution in [1.29, 1.82) is 0 Å². The van der Waals surface area contributed by atoms with Gasteiger partial charge in [-0.05, 0) is 24.1 Å². The van der Waals surface area contributed by atoms with Crippen molar-refractivity contribution in [2.24, 2.45) is 0 Å². The molecule has 0 aromatic heterocycles. The highest BCUT2D eigenvalue weighted by Crippen LogP contribution is 2.18. The molecule has 0 amide bonds. The highest BCUT2D eigenvalue weighted by atomic mass is 32.2. The van der Waals surface area contributed by atoms with Crippen LogP contribution < -0.4 is 4.72 Å². The van der Waals surface area contributed by atoms with Crippen LogP contribution >= 0.6 is 11.9 Å². The average Bonchev–Trinajstić information content (AvgIpc) is 2.34. The van der Waals surface area contributed by atoms with Crippen LogP contribution in [0, 0.1) is 10.1 Å². The summed E-state index contributed by atoms with van der Waals surface area (Å²) in [7, 11) is 0. The second-order valence-electron chi connectivity index (χ2n) is 3.11. The van der Waals surface area contributed by atoms with E-state index in [-0.39, 0.29) is 5.69 Å². The summed E-state index contributed by atoms with van der Waals surface area (Å²) in [4.78, 5) is 10.9. The summed E-state index contributed by atoms with van der Waals surface area (Å²) in [6.07, 6.45) is 1.70. The van der Waals surface area contributed by atoms with Gasteiger partial charge in [-0.2, -0.15) is 0 Å². The number of nitrogens with zero attached hydrogens (tertiary/aromatic N) is 1. The van der Waals surface area contributed by atoms with Gasteiger partial charge in [0.2, 0.25) is 0 Å². The first-order chi connectivity index (χ1) is 8.24. The fraction of sp³-hybridized carbons (Fsp3) is 0.273. The molecular weight excluding hydrogens is 240 g/mol. The summed E-state index contributed by atoms with van der Waals surface area (Å²) in [6.45, 7) is 5.40. The zero-order valence-electron chi connectivity index (χ0n) is 9.30. The summed E-state index contributed by atoms with van der Waals surface area (Å²) < 4.78 is 8.28. The largest absolute Gasteiger partial charge is 0.376 e. The minimum Gasteiger partial charge on any atom is -0.376 e. The normalized spacial score (nSPS) is 10.1. The third-order valence-electron chi connectivity index (χ3n) is 1.82. The second-order valence-corrected chi connectivity index (χ2v) is 4.08. The molecule has 0 radical (unpaired) electrons. The lowest BCUT2D eigenvalue weighted by Crippen LogP contribution is -2.12. The number of nitrogens with one attached hydrogen (secondary N) is 1. The van der Waals surface area contributed by atoms with Crippen molar-refractivity contribution in [1.82, 2.24) is 4.72 Å². The molecule has 0 spiro atoms. The predicted octanol–water partition coefficient (Wildman–Crippen LogP) is 2.39. The number of benzene rings is 1. The molecule has 0 bridgehead atoms. The molecule has 0 aliphatic heterocycles. The van der Waals surface area contributed by atoms with Crippen molar-refractivity contribution < 1.29 is 9.66 Å². The molecular formula is C11H14N2O3S. The molecule has 0 unspecified atom stereocenters. The zero-order valence-corrected chi connectivity index (χ0v) is 10.1. The van der Waals surface area contributed by atoms with Crippen molar-refractivity contribution in [2.75, 3.05) is 19.8 Å². The van der Waals surface area contributed by atoms with Crippen molar-refractivity contribution in [2.45, 2.75) is 4.90 Å². The van der Waals surface area contributed by atoms with Gasteiger partial charge in [0.15, 0.2) is 0 Å². The van der Waals surface area contributed by atoms with Crippen LogP contribution in [-0.2, 0) is 4.74 Å². The predicted molar refractivity (Wildman–Crippen MR) is 68.0 cm³/mol. The molecule has 6 heteroatoms. The Hall–Kier alpha value is -1.37. The van der Waals surface area contributed by atoms with E-state index in [0.29, 0.717) is 19.8 Å². The summed E-state index contributed by atoms with van der Waals surface area (Å²) >= 11 is 1.42. The molecule has 1 aromatic carbocycles. The highest BCUT2D eigenvalue weighted by Gasteiger charge is 2.03. The van der Waals surface area contributed by atoms with E-state index in [1.54, 1.807) is 18.2 Å². The van der Waals surface area contributed by atoms with Gasteiger partial charge in [0, 0.05) is 23.6 Å². The minimum absolute atomic E-state index is 0.101. The summed E-state index contributed by atoms with van der Waals surface area (Å²) in [5, 5.41) is 10.4. The molecule has 5 nitrogen and oxygen atoms in total. The smallest absolute Gasteiger partial charge is 0.269 e. The van der Waals surface area contributed by atoms with Crippen LogP contribution in [0.25, 0.3) is 0 Å². The summed E-state index contributed by atoms with van der Waals surface area (Å²) in [5.41, 5.74) is 0.101. The van der Waals surface area contributed by atoms with Crippen LogP contribution in [0.3, 0.4) is 0 Å². The monoisotopic (exact) mass is 254 g/mol. The third kappa shape index (κ3) is 5.48. The molecule has 1 N–H and O–H groups in total. The lowest BCUT2D eigenvalue weighted by molar-refractivity contribution is -0.384. The standard InChI is InChI=1S/C11H14N2O3S/c1-2-8-16-9-7-12-17-11-5-3-10(4-6-11)13(14)15/h2-6,12H,1,7-9H2. The Morgan fingerprint density at radius 1 is 1.47 bits per heavy atom. The molecule has 0 fully saturated rings. The Balaban J connectivity index is 2.23. The first-order valence-electron chi connectivity index (χ1n) is 5.07. The maximum Gasteiger partial charge on any atom is 0.269 e. The van der Waals surface area contributed by atoms with Crippen LogP contribution in [0.5, 0.6) is 0 Å². The SMILES string of the molecule is C=CCOCCNSc1ccc([N+](=O)[O-])cc1. The minimum atomic E-state index is -0.412. The Labute approximate surface area is 104 Å². The van der Waals surface area contributed by atoms with Gasteiger partial charge in [0.1, 0.15) is 0 Å². The molecule has 0 saturated carbocycles. The Kier molecular flexibility index (Phi) is 6.31. The van der Waals surface area contributed by atoms with Gasteiger partial charge in [-0.3, -0.25) is 14.8 Å². The van der Waals surface area contributed by atoms with E-state index in [4.69, 9.17) is 4.74 Å². The summed E-state index contributed by atoms with van der Waals surface area (Å²) in [6, 6.07) is 6.39. The number of nitro benzene ring substituents is 1. The fourth-order valence-electron chi connectivity index (χ4n) is 1.05. The quantitative estimate of drug-likeness (QED) is 0.254. The first kappa shape index (κ1) is 13.7. The van der Waals surface area contributed by atoms with Gasteiger partial charge in [-0.25, -0.2) is 0 Å². The van der Waals surface area contributed by atoms with E-state index in [1.807, 2.05) is 0 Å². The molecule has 0 aliphatic carbocycles. The number of non-ortho nitro benzene ring substituents is 1. The Morgan fingerprint density at radius 3 is 2.76 bits per heavy atom. The fourth-order valence-corrected chi connectivity index (χ4v) is 1.67. The van der Waals surface area contributed by atoms with Crippen LogP contribution in [0.4, 0.5) is 5.69 Å².